The number of fused-ring (bicyclic) bond motifs is 1. The Morgan fingerprint density at radius 3 is 2.75 bits per heavy atom. The van der Waals surface area contributed by atoms with Crippen LogP contribution in [0.5, 0.6) is 0 Å². The van der Waals surface area contributed by atoms with E-state index in [1.54, 1.807) is 4.52 Å². The van der Waals surface area contributed by atoms with Crippen LogP contribution >= 0.6 is 0 Å². The summed E-state index contributed by atoms with van der Waals surface area (Å²) in [5, 5.41) is 4.38. The average molecular weight is 267 g/mol. The average Bonchev–Trinajstić information content (AvgIpc) is 2.91. The molecule has 3 rings (SSSR count). The molecular formula is C15H17N5. The zero-order valence-electron chi connectivity index (χ0n) is 11.4. The molecule has 20 heavy (non-hydrogen) atoms. The fourth-order valence-electron chi connectivity index (χ4n) is 2.32. The number of benzene rings is 1. The van der Waals surface area contributed by atoms with E-state index >= 15 is 0 Å². The highest BCUT2D eigenvalue weighted by Gasteiger charge is 2.12. The number of rotatable bonds is 4. The third-order valence-electron chi connectivity index (χ3n) is 3.26. The maximum Gasteiger partial charge on any atom is 0.165 e. The highest BCUT2D eigenvalue weighted by atomic mass is 15.4. The van der Waals surface area contributed by atoms with E-state index in [1.807, 2.05) is 30.5 Å². The number of nitrogens with two attached hydrogens (primary N) is 1. The fraction of sp³-hybridized carbons (Fsp3) is 0.200. The van der Waals surface area contributed by atoms with Crippen molar-refractivity contribution in [1.29, 1.82) is 0 Å². The Morgan fingerprint density at radius 1 is 1.25 bits per heavy atom. The molecular weight excluding hydrogens is 250 g/mol. The lowest BCUT2D eigenvalue weighted by Gasteiger charge is -2.07. The zero-order chi connectivity index (χ0) is 13.9. The Kier molecular flexibility index (Phi) is 3.35. The van der Waals surface area contributed by atoms with Gasteiger partial charge in [0, 0.05) is 17.3 Å². The molecule has 0 atom stereocenters. The molecule has 0 unspecified atom stereocenters. The number of aryl methyl sites for hydroxylation is 1. The summed E-state index contributed by atoms with van der Waals surface area (Å²) < 4.78 is 1.74. The van der Waals surface area contributed by atoms with E-state index in [-0.39, 0.29) is 0 Å². The third-order valence-corrected chi connectivity index (χ3v) is 3.26. The Morgan fingerprint density at radius 2 is 2.05 bits per heavy atom. The molecule has 2 heterocycles. The van der Waals surface area contributed by atoms with Crippen molar-refractivity contribution in [1.82, 2.24) is 14.6 Å². The van der Waals surface area contributed by atoms with Crippen molar-refractivity contribution < 1.29 is 0 Å². The summed E-state index contributed by atoms with van der Waals surface area (Å²) >= 11 is 0. The first-order chi connectivity index (χ1) is 9.83. The van der Waals surface area contributed by atoms with Crippen LogP contribution in [-0.2, 0) is 6.42 Å². The molecule has 0 amide bonds. The smallest absolute Gasteiger partial charge is 0.165 e. The van der Waals surface area contributed by atoms with Gasteiger partial charge in [-0.1, -0.05) is 43.7 Å². The largest absolute Gasteiger partial charge is 0.308 e. The van der Waals surface area contributed by atoms with Crippen molar-refractivity contribution in [3.05, 3.63) is 48.3 Å². The molecule has 0 saturated carbocycles. The fourth-order valence-corrected chi connectivity index (χ4v) is 2.32. The van der Waals surface area contributed by atoms with E-state index in [4.69, 9.17) is 10.8 Å². The molecule has 0 spiro atoms. The molecule has 0 aliphatic rings. The van der Waals surface area contributed by atoms with Gasteiger partial charge in [-0.15, -0.1) is 0 Å². The van der Waals surface area contributed by atoms with Gasteiger partial charge < -0.3 is 5.43 Å². The topological polar surface area (TPSA) is 68.2 Å². The van der Waals surface area contributed by atoms with E-state index < -0.39 is 0 Å². The van der Waals surface area contributed by atoms with E-state index in [2.05, 4.69) is 29.6 Å². The Hall–Kier alpha value is -2.40. The lowest BCUT2D eigenvalue weighted by molar-refractivity contribution is 0.858. The summed E-state index contributed by atoms with van der Waals surface area (Å²) in [6, 6.07) is 12.1. The van der Waals surface area contributed by atoms with Crippen LogP contribution in [0, 0.1) is 0 Å². The lowest BCUT2D eigenvalue weighted by atomic mass is 10.1. The van der Waals surface area contributed by atoms with Crippen molar-refractivity contribution in [2.75, 3.05) is 5.43 Å². The van der Waals surface area contributed by atoms with Crippen molar-refractivity contribution >= 4 is 11.5 Å². The monoisotopic (exact) mass is 267 g/mol. The summed E-state index contributed by atoms with van der Waals surface area (Å²) in [5.41, 5.74) is 6.66. The number of anilines is 1. The highest BCUT2D eigenvalue weighted by Crippen LogP contribution is 2.25. The van der Waals surface area contributed by atoms with E-state index in [1.165, 1.54) is 0 Å². The van der Waals surface area contributed by atoms with Gasteiger partial charge in [0.1, 0.15) is 5.82 Å². The number of nitrogens with one attached hydrogen (secondary N) is 1. The Balaban J connectivity index is 2.22. The SMILES string of the molecule is CCCc1cc(NN)n2ncc(-c3ccccc3)c2n1. The quantitative estimate of drug-likeness (QED) is 0.563. The Labute approximate surface area is 117 Å². The van der Waals surface area contributed by atoms with E-state index in [0.717, 1.165) is 41.1 Å². The number of hydrogen-bond donors (Lipinski definition) is 2. The Bertz CT molecular complexity index is 718. The van der Waals surface area contributed by atoms with Crippen LogP contribution in [0.15, 0.2) is 42.6 Å². The van der Waals surface area contributed by atoms with Gasteiger partial charge >= 0.3 is 0 Å². The van der Waals surface area contributed by atoms with Gasteiger partial charge in [-0.2, -0.15) is 9.61 Å². The minimum Gasteiger partial charge on any atom is -0.308 e. The first-order valence-electron chi connectivity index (χ1n) is 6.73. The van der Waals surface area contributed by atoms with Crippen LogP contribution in [0.4, 0.5) is 5.82 Å². The van der Waals surface area contributed by atoms with Gasteiger partial charge in [-0.3, -0.25) is 0 Å². The molecule has 2 aromatic heterocycles. The number of nitrogen functional groups attached to an aromatic ring is 1. The summed E-state index contributed by atoms with van der Waals surface area (Å²) in [6.45, 7) is 2.13. The molecule has 0 fully saturated rings. The number of aromatic nitrogens is 3. The van der Waals surface area contributed by atoms with Crippen LogP contribution in [0.2, 0.25) is 0 Å². The molecule has 0 bridgehead atoms. The van der Waals surface area contributed by atoms with Gasteiger partial charge in [-0.05, 0) is 12.0 Å². The minimum absolute atomic E-state index is 0.751. The first-order valence-corrected chi connectivity index (χ1v) is 6.73. The van der Waals surface area contributed by atoms with Crippen molar-refractivity contribution in [3.8, 4) is 11.1 Å². The second kappa shape index (κ2) is 5.30. The van der Waals surface area contributed by atoms with E-state index in [9.17, 15) is 0 Å². The van der Waals surface area contributed by atoms with Crippen LogP contribution < -0.4 is 11.3 Å². The van der Waals surface area contributed by atoms with Crippen LogP contribution in [-0.4, -0.2) is 14.6 Å². The molecule has 0 saturated heterocycles. The zero-order valence-corrected chi connectivity index (χ0v) is 11.4. The molecule has 0 aliphatic carbocycles. The normalized spacial score (nSPS) is 10.9. The summed E-state index contributed by atoms with van der Waals surface area (Å²) in [6.07, 6.45) is 3.79. The molecule has 3 aromatic rings. The van der Waals surface area contributed by atoms with Crippen molar-refractivity contribution in [2.24, 2.45) is 5.84 Å². The van der Waals surface area contributed by atoms with Crippen LogP contribution in [0.3, 0.4) is 0 Å². The maximum absolute atomic E-state index is 5.59. The lowest BCUT2D eigenvalue weighted by Crippen LogP contribution is -2.13. The predicted octanol–water partition coefficient (Wildman–Crippen LogP) is 2.63. The van der Waals surface area contributed by atoms with Crippen molar-refractivity contribution in [3.63, 3.8) is 0 Å². The molecule has 5 heteroatoms. The second-order valence-corrected chi connectivity index (χ2v) is 4.69. The molecule has 1 aromatic carbocycles. The summed E-state index contributed by atoms with van der Waals surface area (Å²) in [4.78, 5) is 4.71. The van der Waals surface area contributed by atoms with Gasteiger partial charge in [0.25, 0.3) is 0 Å². The molecule has 3 N–H and O–H groups in total. The number of hydrazine groups is 1. The van der Waals surface area contributed by atoms with Gasteiger partial charge in [-0.25, -0.2) is 10.8 Å². The first kappa shape index (κ1) is 12.6. The number of hydrogen-bond acceptors (Lipinski definition) is 4. The molecule has 102 valence electrons. The van der Waals surface area contributed by atoms with Gasteiger partial charge in [0.05, 0.1) is 6.20 Å². The summed E-state index contributed by atoms with van der Waals surface area (Å²) in [5.74, 6) is 6.34. The molecule has 0 radical (unpaired) electrons. The summed E-state index contributed by atoms with van der Waals surface area (Å²) in [7, 11) is 0. The highest BCUT2D eigenvalue weighted by molar-refractivity contribution is 5.78. The second-order valence-electron chi connectivity index (χ2n) is 4.69. The maximum atomic E-state index is 5.59. The third kappa shape index (κ3) is 2.12. The number of nitrogens with zero attached hydrogens (tertiary/aromatic N) is 3. The molecule has 5 nitrogen and oxygen atoms in total. The van der Waals surface area contributed by atoms with Crippen molar-refractivity contribution in [2.45, 2.75) is 19.8 Å². The van der Waals surface area contributed by atoms with Crippen LogP contribution in [0.1, 0.15) is 19.0 Å². The van der Waals surface area contributed by atoms with Crippen LogP contribution in [0.25, 0.3) is 16.8 Å². The molecule has 0 aliphatic heterocycles. The van der Waals surface area contributed by atoms with Gasteiger partial charge in [0.15, 0.2) is 5.65 Å². The van der Waals surface area contributed by atoms with Gasteiger partial charge in [0.2, 0.25) is 0 Å². The van der Waals surface area contributed by atoms with E-state index in [0.29, 0.717) is 0 Å². The standard InChI is InChI=1S/C15H17N5/c1-2-6-12-9-14(19-16)20-15(18-12)13(10-17-20)11-7-4-3-5-8-11/h3-5,7-10,19H,2,6,16H2,1H3. The minimum atomic E-state index is 0.751. The predicted molar refractivity (Wildman–Crippen MR) is 80.2 cm³/mol.